The van der Waals surface area contributed by atoms with E-state index in [4.69, 9.17) is 10.5 Å². The zero-order chi connectivity index (χ0) is 14.9. The van der Waals surface area contributed by atoms with Gasteiger partial charge in [0.2, 0.25) is 5.91 Å². The van der Waals surface area contributed by atoms with Crippen LogP contribution in [-0.2, 0) is 19.1 Å². The van der Waals surface area contributed by atoms with Gasteiger partial charge in [-0.3, -0.25) is 14.4 Å². The molecule has 3 N–H and O–H groups in total. The number of fused-ring (bicyclic) bond motifs is 1. The van der Waals surface area contributed by atoms with Crippen molar-refractivity contribution < 1.29 is 24.2 Å². The Labute approximate surface area is 120 Å². The van der Waals surface area contributed by atoms with E-state index in [1.165, 1.54) is 35.7 Å². The fourth-order valence-electron chi connectivity index (χ4n) is 2.24. The zero-order valence-electron chi connectivity index (χ0n) is 10.9. The van der Waals surface area contributed by atoms with Gasteiger partial charge >= 0.3 is 11.9 Å². The van der Waals surface area contributed by atoms with E-state index < -0.39 is 23.4 Å². The molecular formula is C12H16N2O5S. The van der Waals surface area contributed by atoms with Crippen LogP contribution in [0.5, 0.6) is 0 Å². The Morgan fingerprint density at radius 1 is 1.65 bits per heavy atom. The standard InChI is InChI=1S/C12H16N2O5S/c1-7(15)19-4-2-3-12(11(17)18)5-14-9(16)8(13)10(14)20-6-12/h2-3,8,10H,4-6,13H2,1H3,(H,17,18)/t8?,10-,12?/m1/s1. The number of carboxylic acid groups (broad SMARTS) is 1. The van der Waals surface area contributed by atoms with E-state index in [0.717, 1.165) is 0 Å². The minimum atomic E-state index is -1.16. The predicted molar refractivity (Wildman–Crippen MR) is 71.8 cm³/mol. The van der Waals surface area contributed by atoms with E-state index in [2.05, 4.69) is 0 Å². The zero-order valence-corrected chi connectivity index (χ0v) is 11.8. The monoisotopic (exact) mass is 300 g/mol. The van der Waals surface area contributed by atoms with Crippen molar-refractivity contribution in [2.45, 2.75) is 18.3 Å². The van der Waals surface area contributed by atoms with Gasteiger partial charge in [0.1, 0.15) is 23.4 Å². The number of nitrogens with zero attached hydrogens (tertiary/aromatic N) is 1. The Hall–Kier alpha value is -1.54. The lowest BCUT2D eigenvalue weighted by Gasteiger charge is -2.52. The van der Waals surface area contributed by atoms with Crippen LogP contribution < -0.4 is 5.73 Å². The molecule has 2 aliphatic rings. The number of rotatable bonds is 4. The summed E-state index contributed by atoms with van der Waals surface area (Å²) < 4.78 is 4.73. The van der Waals surface area contributed by atoms with E-state index in [-0.39, 0.29) is 24.4 Å². The third kappa shape index (κ3) is 2.53. The summed E-state index contributed by atoms with van der Waals surface area (Å²) in [5, 5.41) is 9.31. The summed E-state index contributed by atoms with van der Waals surface area (Å²) in [5.74, 6) is -1.32. The molecule has 0 aromatic rings. The van der Waals surface area contributed by atoms with Gasteiger partial charge in [0.05, 0.1) is 0 Å². The minimum Gasteiger partial charge on any atom is -0.481 e. The molecule has 7 nitrogen and oxygen atoms in total. The number of aliphatic carboxylic acids is 1. The molecule has 3 atom stereocenters. The average Bonchev–Trinajstić information content (AvgIpc) is 2.42. The van der Waals surface area contributed by atoms with E-state index >= 15 is 0 Å². The molecule has 2 aliphatic heterocycles. The lowest BCUT2D eigenvalue weighted by atomic mass is 9.87. The number of hydrogen-bond acceptors (Lipinski definition) is 6. The van der Waals surface area contributed by atoms with Crippen LogP contribution in [0.15, 0.2) is 12.2 Å². The average molecular weight is 300 g/mol. The van der Waals surface area contributed by atoms with Gasteiger partial charge in [0, 0.05) is 19.2 Å². The first-order valence-electron chi connectivity index (χ1n) is 6.09. The number of ether oxygens (including phenoxy) is 1. The fourth-order valence-corrected chi connectivity index (χ4v) is 3.70. The molecule has 2 rings (SSSR count). The first-order chi connectivity index (χ1) is 9.37. The highest BCUT2D eigenvalue weighted by molar-refractivity contribution is 8.00. The Kier molecular flexibility index (Phi) is 4.05. The Balaban J connectivity index is 2.06. The first kappa shape index (κ1) is 14.9. The van der Waals surface area contributed by atoms with E-state index in [1.807, 2.05) is 0 Å². The molecule has 0 aromatic carbocycles. The van der Waals surface area contributed by atoms with Crippen molar-refractivity contribution in [1.29, 1.82) is 0 Å². The SMILES string of the molecule is CC(=O)OCC=CC1(C(=O)O)CS[C@@H]2C(N)C(=O)N2C1. The second kappa shape index (κ2) is 5.45. The Morgan fingerprint density at radius 3 is 2.95 bits per heavy atom. The summed E-state index contributed by atoms with van der Waals surface area (Å²) >= 11 is 1.36. The number of carbonyl (C=O) groups excluding carboxylic acids is 2. The smallest absolute Gasteiger partial charge is 0.316 e. The molecule has 20 heavy (non-hydrogen) atoms. The Bertz CT molecular complexity index is 480. The van der Waals surface area contributed by atoms with Crippen LogP contribution in [-0.4, -0.2) is 58.2 Å². The van der Waals surface area contributed by atoms with Gasteiger partial charge in [0.25, 0.3) is 0 Å². The molecule has 0 aromatic heterocycles. The fraction of sp³-hybridized carbons (Fsp3) is 0.583. The molecule has 1 amide bonds. The van der Waals surface area contributed by atoms with E-state index in [1.54, 1.807) is 0 Å². The largest absolute Gasteiger partial charge is 0.481 e. The summed E-state index contributed by atoms with van der Waals surface area (Å²) in [5.41, 5.74) is 4.51. The molecule has 0 bridgehead atoms. The summed E-state index contributed by atoms with van der Waals surface area (Å²) in [7, 11) is 0. The summed E-state index contributed by atoms with van der Waals surface area (Å²) in [6.45, 7) is 1.40. The van der Waals surface area contributed by atoms with E-state index in [0.29, 0.717) is 5.75 Å². The predicted octanol–water partition coefficient (Wildman–Crippen LogP) is -0.581. The van der Waals surface area contributed by atoms with Crippen LogP contribution in [0.3, 0.4) is 0 Å². The van der Waals surface area contributed by atoms with Crippen molar-refractivity contribution in [3.05, 3.63) is 12.2 Å². The highest BCUT2D eigenvalue weighted by Crippen LogP contribution is 2.42. The maximum atomic E-state index is 11.6. The van der Waals surface area contributed by atoms with Crippen molar-refractivity contribution in [2.24, 2.45) is 11.1 Å². The van der Waals surface area contributed by atoms with Gasteiger partial charge in [-0.25, -0.2) is 0 Å². The molecule has 2 saturated heterocycles. The van der Waals surface area contributed by atoms with E-state index in [9.17, 15) is 19.5 Å². The minimum absolute atomic E-state index is 0.0198. The molecule has 2 unspecified atom stereocenters. The summed E-state index contributed by atoms with van der Waals surface area (Å²) in [4.78, 5) is 35.3. The highest BCUT2D eigenvalue weighted by atomic mass is 32.2. The molecule has 0 saturated carbocycles. The molecule has 2 heterocycles. The van der Waals surface area contributed by atoms with Crippen molar-refractivity contribution in [2.75, 3.05) is 18.9 Å². The normalized spacial score (nSPS) is 32.7. The topological polar surface area (TPSA) is 110 Å². The number of esters is 1. The molecule has 2 fully saturated rings. The van der Waals surface area contributed by atoms with Gasteiger partial charge in [-0.05, 0) is 0 Å². The number of hydrogen-bond donors (Lipinski definition) is 2. The summed E-state index contributed by atoms with van der Waals surface area (Å²) in [6.07, 6.45) is 3.00. The van der Waals surface area contributed by atoms with Gasteiger partial charge in [-0.2, -0.15) is 0 Å². The Morgan fingerprint density at radius 2 is 2.35 bits per heavy atom. The second-order valence-electron chi connectivity index (χ2n) is 4.86. The second-order valence-corrected chi connectivity index (χ2v) is 5.96. The molecule has 0 spiro atoms. The highest BCUT2D eigenvalue weighted by Gasteiger charge is 2.54. The molecule has 0 aliphatic carbocycles. The molecule has 8 heteroatoms. The van der Waals surface area contributed by atoms with Gasteiger partial charge in [-0.15, -0.1) is 11.8 Å². The van der Waals surface area contributed by atoms with Crippen LogP contribution in [0.25, 0.3) is 0 Å². The number of β-lactam (4-membered cyclic amide) rings is 1. The van der Waals surface area contributed by atoms with Gasteiger partial charge in [0.15, 0.2) is 0 Å². The van der Waals surface area contributed by atoms with Gasteiger partial charge in [-0.1, -0.05) is 12.2 Å². The lowest BCUT2D eigenvalue weighted by molar-refractivity contribution is -0.153. The maximum absolute atomic E-state index is 11.6. The summed E-state index contributed by atoms with van der Waals surface area (Å²) in [6, 6.07) is -0.531. The van der Waals surface area contributed by atoms with Crippen molar-refractivity contribution >= 4 is 29.6 Å². The van der Waals surface area contributed by atoms with Crippen LogP contribution in [0.4, 0.5) is 0 Å². The van der Waals surface area contributed by atoms with Crippen molar-refractivity contribution in [3.8, 4) is 0 Å². The quantitative estimate of drug-likeness (QED) is 0.406. The number of carboxylic acids is 1. The third-order valence-corrected chi connectivity index (χ3v) is 4.96. The third-order valence-electron chi connectivity index (χ3n) is 3.39. The van der Waals surface area contributed by atoms with Crippen LogP contribution in [0.2, 0.25) is 0 Å². The van der Waals surface area contributed by atoms with Crippen LogP contribution in [0.1, 0.15) is 6.92 Å². The first-order valence-corrected chi connectivity index (χ1v) is 7.14. The van der Waals surface area contributed by atoms with Crippen molar-refractivity contribution in [3.63, 3.8) is 0 Å². The number of amides is 1. The number of nitrogens with two attached hydrogens (primary N) is 1. The van der Waals surface area contributed by atoms with Crippen LogP contribution in [0, 0.1) is 5.41 Å². The van der Waals surface area contributed by atoms with Crippen molar-refractivity contribution in [1.82, 2.24) is 4.90 Å². The van der Waals surface area contributed by atoms with Crippen LogP contribution >= 0.6 is 11.8 Å². The molecule has 0 radical (unpaired) electrons. The maximum Gasteiger partial charge on any atom is 0.316 e. The molecule has 110 valence electrons. The number of carbonyl (C=O) groups is 3. The number of thioether (sulfide) groups is 1. The lowest BCUT2D eigenvalue weighted by Crippen LogP contribution is -2.71. The molecular weight excluding hydrogens is 284 g/mol. The van der Waals surface area contributed by atoms with Gasteiger partial charge < -0.3 is 20.5 Å².